The topological polar surface area (TPSA) is 147 Å². The summed E-state index contributed by atoms with van der Waals surface area (Å²) in [5, 5.41) is -0.734. The predicted molar refractivity (Wildman–Crippen MR) is 178 cm³/mol. The molecule has 0 bridgehead atoms. The van der Waals surface area contributed by atoms with Crippen LogP contribution < -0.4 is 14.5 Å². The van der Waals surface area contributed by atoms with Crippen LogP contribution in [0.25, 0.3) is 0 Å². The number of hydrogen-bond donors (Lipinski definition) is 0. The van der Waals surface area contributed by atoms with Gasteiger partial charge in [-0.3, -0.25) is 4.79 Å². The SMILES string of the molecule is CN(C)C(=O)c1cccc(S(=O)(=O)N2CCS[C@H]2C(=O)O[C@@H](Cc2c(Cl)c[nH+]cc2Cl)c2ccc(OC(F)F)c(OC3CCCC3)c2)c1.[OH-]. The van der Waals surface area contributed by atoms with E-state index in [2.05, 4.69) is 4.98 Å². The molecule has 5 rings (SSSR count). The molecule has 2 heterocycles. The number of esters is 1. The fraction of sp³-hybridized carbons (Fsp3) is 0.406. The van der Waals surface area contributed by atoms with Gasteiger partial charge < -0.3 is 24.6 Å². The van der Waals surface area contributed by atoms with Gasteiger partial charge in [0.2, 0.25) is 10.0 Å². The minimum absolute atomic E-state index is 0. The number of benzene rings is 2. The van der Waals surface area contributed by atoms with Crippen molar-refractivity contribution in [1.29, 1.82) is 0 Å². The highest BCUT2D eigenvalue weighted by molar-refractivity contribution is 8.02. The molecule has 1 saturated carbocycles. The lowest BCUT2D eigenvalue weighted by atomic mass is 10.0. The van der Waals surface area contributed by atoms with Gasteiger partial charge in [0.05, 0.1) is 11.0 Å². The van der Waals surface area contributed by atoms with Crippen LogP contribution in [0.5, 0.6) is 11.5 Å². The van der Waals surface area contributed by atoms with Crippen molar-refractivity contribution >= 4 is 56.9 Å². The summed E-state index contributed by atoms with van der Waals surface area (Å²) in [5.74, 6) is -1.03. The highest BCUT2D eigenvalue weighted by Gasteiger charge is 2.42. The van der Waals surface area contributed by atoms with E-state index < -0.39 is 34.1 Å². The Morgan fingerprint density at radius 1 is 1.06 bits per heavy atom. The number of carbonyl (C=O) groups is 2. The van der Waals surface area contributed by atoms with Gasteiger partial charge in [0.25, 0.3) is 5.91 Å². The lowest BCUT2D eigenvalue weighted by Crippen LogP contribution is -2.40. The van der Waals surface area contributed by atoms with E-state index in [0.717, 1.165) is 41.8 Å². The van der Waals surface area contributed by atoms with Gasteiger partial charge in [-0.05, 0) is 61.6 Å². The van der Waals surface area contributed by atoms with Crippen molar-refractivity contribution in [2.75, 3.05) is 26.4 Å². The van der Waals surface area contributed by atoms with Crippen molar-refractivity contribution in [2.24, 2.45) is 0 Å². The molecule has 2 N–H and O–H groups in total. The normalized spacial score (nSPS) is 17.4. The number of alkyl halides is 2. The number of ether oxygens (including phenoxy) is 3. The first-order valence-corrected chi connectivity index (χ1v) is 18.3. The Hall–Kier alpha value is -3.21. The molecular formula is C32H35Cl2F2N3O8S2. The predicted octanol–water partition coefficient (Wildman–Crippen LogP) is 5.85. The molecule has 0 unspecified atom stereocenters. The third kappa shape index (κ3) is 9.13. The Bertz CT molecular complexity index is 1740. The summed E-state index contributed by atoms with van der Waals surface area (Å²) in [5.41, 5.74) is 0.980. The molecule has 266 valence electrons. The third-order valence-electron chi connectivity index (χ3n) is 7.94. The quantitative estimate of drug-likeness (QED) is 0.208. The van der Waals surface area contributed by atoms with Crippen LogP contribution in [-0.2, 0) is 26.0 Å². The van der Waals surface area contributed by atoms with E-state index in [-0.39, 0.29) is 62.5 Å². The molecule has 0 radical (unpaired) electrons. The van der Waals surface area contributed by atoms with Gasteiger partial charge in [-0.2, -0.15) is 13.1 Å². The average molecular weight is 763 g/mol. The zero-order valence-electron chi connectivity index (χ0n) is 26.5. The third-order valence-corrected chi connectivity index (χ3v) is 11.8. The number of carbonyl (C=O) groups excluding carboxylic acids is 2. The van der Waals surface area contributed by atoms with Gasteiger partial charge in [-0.1, -0.05) is 35.3 Å². The molecule has 2 fully saturated rings. The maximum absolute atomic E-state index is 13.9. The van der Waals surface area contributed by atoms with Gasteiger partial charge >= 0.3 is 12.6 Å². The van der Waals surface area contributed by atoms with E-state index in [0.29, 0.717) is 16.9 Å². The summed E-state index contributed by atoms with van der Waals surface area (Å²) in [6.07, 6.45) is 5.06. The number of aromatic amines is 1. The fourth-order valence-electron chi connectivity index (χ4n) is 5.55. The molecule has 49 heavy (non-hydrogen) atoms. The number of nitrogens with zero attached hydrogens (tertiary/aromatic N) is 2. The van der Waals surface area contributed by atoms with Gasteiger partial charge in [-0.25, -0.2) is 18.2 Å². The molecule has 1 aliphatic heterocycles. The summed E-state index contributed by atoms with van der Waals surface area (Å²) in [7, 11) is -1.13. The van der Waals surface area contributed by atoms with E-state index in [1.807, 2.05) is 0 Å². The Labute approximate surface area is 297 Å². The molecule has 11 nitrogen and oxygen atoms in total. The van der Waals surface area contributed by atoms with Crippen LogP contribution in [0.1, 0.15) is 53.3 Å². The number of nitrogens with one attached hydrogen (secondary N) is 1. The molecule has 1 aliphatic carbocycles. The lowest BCUT2D eigenvalue weighted by molar-refractivity contribution is -0.377. The molecule has 2 atom stereocenters. The molecule has 1 amide bonds. The molecule has 1 saturated heterocycles. The maximum atomic E-state index is 13.9. The number of thioether (sulfide) groups is 1. The van der Waals surface area contributed by atoms with Crippen molar-refractivity contribution in [2.45, 2.75) is 61.2 Å². The van der Waals surface area contributed by atoms with Crippen LogP contribution in [0, 0.1) is 0 Å². The Morgan fingerprint density at radius 3 is 2.41 bits per heavy atom. The first-order chi connectivity index (χ1) is 22.8. The second-order valence-electron chi connectivity index (χ2n) is 11.4. The van der Waals surface area contributed by atoms with E-state index in [1.165, 1.54) is 59.8 Å². The van der Waals surface area contributed by atoms with Crippen molar-refractivity contribution in [3.63, 3.8) is 0 Å². The van der Waals surface area contributed by atoms with E-state index in [9.17, 15) is 26.8 Å². The van der Waals surface area contributed by atoms with E-state index in [1.54, 1.807) is 14.1 Å². The number of sulfonamides is 1. The van der Waals surface area contributed by atoms with Crippen LogP contribution in [0.3, 0.4) is 0 Å². The van der Waals surface area contributed by atoms with Gasteiger partial charge in [0.1, 0.15) is 16.1 Å². The Balaban J connectivity index is 0.00000541. The number of pyridine rings is 1. The van der Waals surface area contributed by atoms with Crippen LogP contribution in [0.15, 0.2) is 59.8 Å². The van der Waals surface area contributed by atoms with Crippen molar-refractivity contribution in [1.82, 2.24) is 9.21 Å². The van der Waals surface area contributed by atoms with Gasteiger partial charge in [-0.15, -0.1) is 11.8 Å². The Morgan fingerprint density at radius 2 is 1.76 bits per heavy atom. The molecule has 2 aromatic carbocycles. The summed E-state index contributed by atoms with van der Waals surface area (Å²) in [6.45, 7) is -3.07. The van der Waals surface area contributed by atoms with Gasteiger partial charge in [0, 0.05) is 43.9 Å². The standard InChI is InChI=1S/C32H33Cl2F2N3O7S2.H2O/c1-38(2)29(40)20-6-5-9-22(14-20)48(42,43)39-12-13-47-30(39)31(41)45-27(16-23-24(33)17-37-18-25(23)34)19-10-11-26(46-32(35)36)28(15-19)44-21-7-3-4-8-21;/h5-6,9-11,14-15,17-18,21,27,30,32H,3-4,7-8,12-13,16H2,1-2H3;1H2/t27-,30-;/m0./s1. The number of H-pyrrole nitrogens is 1. The largest absolute Gasteiger partial charge is 0.870 e. The highest BCUT2D eigenvalue weighted by atomic mass is 35.5. The second kappa shape index (κ2) is 16.7. The summed E-state index contributed by atoms with van der Waals surface area (Å²) in [6, 6.07) is 9.88. The highest BCUT2D eigenvalue weighted by Crippen LogP contribution is 2.39. The van der Waals surface area contributed by atoms with Crippen LogP contribution in [0.2, 0.25) is 10.0 Å². The first-order valence-electron chi connectivity index (χ1n) is 15.1. The van der Waals surface area contributed by atoms with Crippen LogP contribution in [0.4, 0.5) is 8.78 Å². The summed E-state index contributed by atoms with van der Waals surface area (Å²) < 4.78 is 72.1. The summed E-state index contributed by atoms with van der Waals surface area (Å²) >= 11 is 14.0. The lowest BCUT2D eigenvalue weighted by Gasteiger charge is -2.26. The second-order valence-corrected chi connectivity index (χ2v) is 15.3. The molecule has 0 spiro atoms. The van der Waals surface area contributed by atoms with Crippen LogP contribution >= 0.6 is 35.0 Å². The van der Waals surface area contributed by atoms with E-state index in [4.69, 9.17) is 37.4 Å². The number of halogens is 4. The zero-order valence-corrected chi connectivity index (χ0v) is 29.6. The molecule has 2 aliphatic rings. The fourth-order valence-corrected chi connectivity index (χ4v) is 9.17. The number of rotatable bonds is 12. The average Bonchev–Trinajstić information content (AvgIpc) is 3.76. The number of hydrogen-bond acceptors (Lipinski definition) is 9. The van der Waals surface area contributed by atoms with Gasteiger partial charge in [0.15, 0.2) is 29.3 Å². The minimum Gasteiger partial charge on any atom is -0.870 e. The molecule has 3 aromatic rings. The summed E-state index contributed by atoms with van der Waals surface area (Å²) in [4.78, 5) is 30.4. The van der Waals surface area contributed by atoms with Crippen molar-refractivity contribution in [3.05, 3.63) is 81.6 Å². The molecule has 17 heteroatoms. The van der Waals surface area contributed by atoms with Crippen molar-refractivity contribution in [3.8, 4) is 11.5 Å². The monoisotopic (exact) mass is 761 g/mol. The van der Waals surface area contributed by atoms with Crippen LogP contribution in [-0.4, -0.2) is 79.5 Å². The molecule has 1 aromatic heterocycles. The maximum Gasteiger partial charge on any atom is 0.387 e. The number of aromatic nitrogens is 1. The molecular weight excluding hydrogens is 727 g/mol. The zero-order chi connectivity index (χ0) is 34.6. The minimum atomic E-state index is -4.24. The van der Waals surface area contributed by atoms with E-state index >= 15 is 0 Å². The first kappa shape index (κ1) is 38.6. The number of amides is 1. The smallest absolute Gasteiger partial charge is 0.387 e. The Kier molecular flexibility index (Phi) is 13.1. The van der Waals surface area contributed by atoms with Crippen molar-refractivity contribution < 1.29 is 51.5 Å².